The van der Waals surface area contributed by atoms with Gasteiger partial charge in [0.25, 0.3) is 43.6 Å². The first-order valence-corrected chi connectivity index (χ1v) is 26.7. The normalized spacial score (nSPS) is 16.9. The Hall–Kier alpha value is -0.415. The van der Waals surface area contributed by atoms with Crippen LogP contribution in [0.25, 0.3) is 22.1 Å². The molecule has 1 atom stereocenters. The van der Waals surface area contributed by atoms with Gasteiger partial charge in [-0.1, -0.05) is 33.8 Å². The van der Waals surface area contributed by atoms with Crippen molar-refractivity contribution in [1.82, 2.24) is 48.2 Å². The first-order chi connectivity index (χ1) is 32.3. The van der Waals surface area contributed by atoms with Crippen LogP contribution in [-0.4, -0.2) is 146 Å². The molecule has 12 heterocycles. The van der Waals surface area contributed by atoms with Gasteiger partial charge < -0.3 is 34.0 Å². The number of rotatable bonds is 12. The molecule has 366 valence electrons. The van der Waals surface area contributed by atoms with E-state index in [1.165, 1.54) is 9.13 Å². The molecule has 6 aliphatic heterocycles. The van der Waals surface area contributed by atoms with Gasteiger partial charge >= 0.3 is 223 Å². The minimum absolute atomic E-state index is 0. The first-order valence-electron chi connectivity index (χ1n) is 20.3. The molecule has 6 N–H and O–H groups in total. The van der Waals surface area contributed by atoms with Crippen molar-refractivity contribution in [2.75, 3.05) is 23.0 Å². The van der Waals surface area contributed by atoms with Crippen molar-refractivity contribution in [1.29, 1.82) is 0 Å². The van der Waals surface area contributed by atoms with Gasteiger partial charge in [0.2, 0.25) is 22.6 Å². The summed E-state index contributed by atoms with van der Waals surface area (Å²) in [5.74, 6) is -3.06. The van der Waals surface area contributed by atoms with Gasteiger partial charge in [-0.15, -0.1) is 9.15 Å². The Bertz CT molecular complexity index is 4320. The number of imidazole rings is 4. The number of nitrogens with zero attached hydrogens (tertiary/aromatic N) is 12. The molecule has 73 heavy (non-hydrogen) atoms. The molecular weight excluding hydrogens is 1160 g/mol. The minimum Gasteiger partial charge on any atom is -0.748 e. The SMILES string of the molecule is CCCS(=O)(=O)O.CCCS(=O)(=O)O.O=c1[n-]c2c([nH]1)C1=Nc3c4c([nH]c(=O)n4CCCS(=O)(=O)[O-])c4n3[C@]35n6c(c7[n-]c(=O)[nH]c7c6=NC2=[N+]13)=NC1=[N+]5C(=N4)c2c1[nH]c(=O)n2CCCS(=O)(=O)[O-].[K+].[K+].[K+].[K+]. The Kier molecular flexibility index (Phi) is 18.5. The van der Waals surface area contributed by atoms with Crippen LogP contribution in [0.1, 0.15) is 62.3 Å². The number of fused-ring (bicyclic) bond motifs is 12. The summed E-state index contributed by atoms with van der Waals surface area (Å²) in [4.78, 5) is 91.8. The number of amidine groups is 4. The van der Waals surface area contributed by atoms with Gasteiger partial charge in [0, 0.05) is 47.0 Å². The van der Waals surface area contributed by atoms with E-state index in [0.29, 0.717) is 12.8 Å². The summed E-state index contributed by atoms with van der Waals surface area (Å²) in [7, 11) is -16.6. The fourth-order valence-corrected chi connectivity index (χ4v) is 11.1. The molecule has 6 aliphatic rings. The molecule has 0 aliphatic carbocycles. The summed E-state index contributed by atoms with van der Waals surface area (Å²) in [6.45, 7) is 2.91. The fraction of sp³-hybridized carbons (Fsp3) is 0.394. The maximum absolute atomic E-state index is 13.6. The summed E-state index contributed by atoms with van der Waals surface area (Å²) in [6, 6.07) is 0. The second-order valence-corrected chi connectivity index (χ2v) is 22.1. The average molecular weight is 1190 g/mol. The standard InChI is InChI=1S/C27H18N16O10S2.2C3H8O3S.4K/c44-23-28-7-8(29-23)17-35-19-11-13(38(25(46)32-11)3-1-5-54(48,49)50)22-37-20-12-14(39(26(47)33-12)4-2-6-55(51,52)53)21-36-18-10-9(30-24(45)31-10)16-34-15(7)40(17)27(41(16)18,42(19)22)43(20)21;2*1-2-3-7(4,5)6;;;;/h1-6H2,(H6,28,29,30,31,32,33,34,35,36,37,44,45,46,47,48,49,50,51,52,53);2*2-3H2,1H3,(H,4,5,6);;;;/q;;;4*+1/p-2/t27-;;;;;;/m1....../s1. The molecule has 0 radical (unpaired) electrons. The zero-order valence-electron chi connectivity index (χ0n) is 39.2. The number of hydrogen-bond donors (Lipinski definition) is 6. The third-order valence-corrected chi connectivity index (χ3v) is 14.7. The van der Waals surface area contributed by atoms with Crippen LogP contribution < -0.4 is 249 Å². The zero-order valence-corrected chi connectivity index (χ0v) is 54.9. The van der Waals surface area contributed by atoms with E-state index in [4.69, 9.17) is 29.1 Å². The molecule has 0 amide bonds. The van der Waals surface area contributed by atoms with Crippen LogP contribution in [0.15, 0.2) is 39.1 Å². The molecule has 0 saturated heterocycles. The summed E-state index contributed by atoms with van der Waals surface area (Å²) < 4.78 is 133. The molecule has 0 aromatic carbocycles. The van der Waals surface area contributed by atoms with E-state index in [-0.39, 0.29) is 334 Å². The third kappa shape index (κ3) is 10.5. The Labute approximate surface area is 578 Å². The topological polar surface area (TPSA) is 458 Å². The van der Waals surface area contributed by atoms with Crippen LogP contribution in [0.2, 0.25) is 0 Å². The Balaban J connectivity index is 0.000000429. The van der Waals surface area contributed by atoms with Gasteiger partial charge in [-0.3, -0.25) is 32.8 Å². The number of hydrogen-bond acceptors (Lipinski definition) is 18. The molecule has 0 unspecified atom stereocenters. The second kappa shape index (κ2) is 21.9. The van der Waals surface area contributed by atoms with Crippen molar-refractivity contribution in [2.45, 2.75) is 58.5 Å². The van der Waals surface area contributed by atoms with Gasteiger partial charge in [0.15, 0.2) is 22.8 Å². The van der Waals surface area contributed by atoms with Crippen molar-refractivity contribution >= 4 is 97.5 Å². The third-order valence-electron chi connectivity index (χ3n) is 11.3. The van der Waals surface area contributed by atoms with Crippen LogP contribution in [0.5, 0.6) is 0 Å². The maximum Gasteiger partial charge on any atom is 1.00 e. The molecule has 0 fully saturated rings. The maximum atomic E-state index is 13.6. The van der Waals surface area contributed by atoms with E-state index in [0.717, 1.165) is 0 Å². The van der Waals surface area contributed by atoms with Gasteiger partial charge in [-0.25, -0.2) is 26.4 Å². The number of aliphatic imine (C=N–C) groups is 2. The van der Waals surface area contributed by atoms with E-state index in [1.807, 2.05) is 0 Å². The smallest absolute Gasteiger partial charge is 0.748 e. The average Bonchev–Trinajstić information content (AvgIpc) is 4.10. The van der Waals surface area contributed by atoms with Crippen LogP contribution in [-0.2, 0) is 59.5 Å². The predicted octanol–water partition coefficient (Wildman–Crippen LogP) is -17.6. The Morgan fingerprint density at radius 1 is 0.603 bits per heavy atom. The molecule has 6 aromatic rings. The number of aromatic amines is 4. The molecule has 0 saturated carbocycles. The predicted molar refractivity (Wildman–Crippen MR) is 230 cm³/mol. The van der Waals surface area contributed by atoms with Crippen molar-refractivity contribution in [3.05, 3.63) is 75.7 Å². The number of H-pyrrole nitrogens is 4. The first kappa shape index (κ1) is 61.8. The quantitative estimate of drug-likeness (QED) is 0.0376. The van der Waals surface area contributed by atoms with Crippen molar-refractivity contribution in [3.8, 4) is 0 Å². The number of aromatic nitrogens is 10. The van der Waals surface area contributed by atoms with E-state index >= 15 is 0 Å². The van der Waals surface area contributed by atoms with E-state index in [2.05, 4.69) is 29.9 Å². The molecule has 40 heteroatoms. The van der Waals surface area contributed by atoms with Crippen molar-refractivity contribution in [3.63, 3.8) is 0 Å². The van der Waals surface area contributed by atoms with Crippen molar-refractivity contribution < 1.29 is 267 Å². The molecule has 1 spiro atoms. The minimum atomic E-state index is -4.64. The van der Waals surface area contributed by atoms with Gasteiger partial charge in [-0.05, 0) is 25.7 Å². The Morgan fingerprint density at radius 2 is 1.14 bits per heavy atom. The molecule has 6 aromatic heterocycles. The zero-order chi connectivity index (χ0) is 49.7. The molecule has 0 bridgehead atoms. The Morgan fingerprint density at radius 3 is 1.70 bits per heavy atom. The summed E-state index contributed by atoms with van der Waals surface area (Å²) in [5, 5.41) is 0. The summed E-state index contributed by atoms with van der Waals surface area (Å²) in [6.07, 6.45) is 0.476. The van der Waals surface area contributed by atoms with E-state index in [1.54, 1.807) is 32.1 Å². The van der Waals surface area contributed by atoms with Crippen LogP contribution in [0.4, 0.5) is 11.6 Å². The van der Waals surface area contributed by atoms with Crippen LogP contribution >= 0.6 is 0 Å². The van der Waals surface area contributed by atoms with Gasteiger partial charge in [0.1, 0.15) is 11.0 Å². The number of aryl methyl sites for hydroxylation is 1. The summed E-state index contributed by atoms with van der Waals surface area (Å²) in [5.41, 5.74) is -1.49. The van der Waals surface area contributed by atoms with Crippen molar-refractivity contribution in [2.24, 2.45) is 20.0 Å². The molecule has 12 rings (SSSR count). The van der Waals surface area contributed by atoms with Crippen LogP contribution in [0.3, 0.4) is 0 Å². The van der Waals surface area contributed by atoms with E-state index < -0.39 is 80.6 Å². The number of nitrogens with one attached hydrogen (secondary N) is 4. The molecule has 32 nitrogen and oxygen atoms in total. The summed E-state index contributed by atoms with van der Waals surface area (Å²) >= 11 is 0. The molecular formula is C33H32K4N16O16S4+2. The second-order valence-electron chi connectivity index (χ2n) is 15.9. The monoisotopic (exact) mass is 1190 g/mol. The fourth-order valence-electron chi connectivity index (χ4n) is 9.07. The van der Waals surface area contributed by atoms with E-state index in [9.17, 15) is 62.0 Å². The van der Waals surface area contributed by atoms with Crippen LogP contribution in [0, 0.1) is 0 Å². The largest absolute Gasteiger partial charge is 1.00 e. The van der Waals surface area contributed by atoms with Gasteiger partial charge in [0.05, 0.1) is 31.7 Å². The van der Waals surface area contributed by atoms with Gasteiger partial charge in [-0.2, -0.15) is 26.0 Å².